The van der Waals surface area contributed by atoms with Crippen molar-refractivity contribution in [2.45, 2.75) is 38.2 Å². The number of benzene rings is 1. The highest BCUT2D eigenvalue weighted by Crippen LogP contribution is 2.31. The third-order valence-corrected chi connectivity index (χ3v) is 4.44. The highest BCUT2D eigenvalue weighted by molar-refractivity contribution is 5.96. The second-order valence-electron chi connectivity index (χ2n) is 5.85. The molecule has 0 bridgehead atoms. The maximum Gasteiger partial charge on any atom is 0.227 e. The summed E-state index contributed by atoms with van der Waals surface area (Å²) in [6.45, 7) is 1.69. The van der Waals surface area contributed by atoms with Gasteiger partial charge in [-0.25, -0.2) is 0 Å². The fourth-order valence-corrected chi connectivity index (χ4v) is 2.87. The van der Waals surface area contributed by atoms with E-state index in [1.165, 1.54) is 6.42 Å². The number of amides is 1. The summed E-state index contributed by atoms with van der Waals surface area (Å²) >= 11 is 0. The van der Waals surface area contributed by atoms with Crippen molar-refractivity contribution < 1.29 is 9.90 Å². The molecule has 1 aliphatic heterocycles. The molecule has 3 rings (SSSR count). The van der Waals surface area contributed by atoms with Crippen molar-refractivity contribution in [3.8, 4) is 0 Å². The van der Waals surface area contributed by atoms with E-state index in [0.717, 1.165) is 50.1 Å². The lowest BCUT2D eigenvalue weighted by atomic mass is 9.85. The van der Waals surface area contributed by atoms with Crippen LogP contribution < -0.4 is 10.2 Å². The normalized spacial score (nSPS) is 20.6. The Morgan fingerprint density at radius 2 is 1.85 bits per heavy atom. The van der Waals surface area contributed by atoms with E-state index in [1.54, 1.807) is 0 Å². The van der Waals surface area contributed by atoms with Gasteiger partial charge in [-0.05, 0) is 37.8 Å². The first-order chi connectivity index (χ1) is 9.74. The number of carbonyl (C=O) groups is 1. The molecule has 4 nitrogen and oxygen atoms in total. The molecule has 2 N–H and O–H groups in total. The molecule has 0 atom stereocenters. The van der Waals surface area contributed by atoms with Crippen LogP contribution in [0.4, 0.5) is 11.4 Å². The van der Waals surface area contributed by atoms with Crippen molar-refractivity contribution in [1.82, 2.24) is 0 Å². The molecule has 0 aromatic heterocycles. The molecule has 108 valence electrons. The molecule has 0 spiro atoms. The predicted octanol–water partition coefficient (Wildman–Crippen LogP) is 2.39. The number of nitrogens with zero attached hydrogens (tertiary/aromatic N) is 1. The zero-order chi connectivity index (χ0) is 13.9. The molecule has 4 heteroatoms. The molecule has 1 saturated heterocycles. The summed E-state index contributed by atoms with van der Waals surface area (Å²) in [5.74, 6) is 0.354. The van der Waals surface area contributed by atoms with Crippen LogP contribution in [-0.4, -0.2) is 30.2 Å². The van der Waals surface area contributed by atoms with E-state index < -0.39 is 0 Å². The van der Waals surface area contributed by atoms with Crippen LogP contribution in [0.15, 0.2) is 24.3 Å². The molecular weight excluding hydrogens is 252 g/mol. The molecule has 0 unspecified atom stereocenters. The summed E-state index contributed by atoms with van der Waals surface area (Å²) in [6.07, 6.45) is 4.62. The largest absolute Gasteiger partial charge is 0.393 e. The van der Waals surface area contributed by atoms with Gasteiger partial charge in [0.25, 0.3) is 0 Å². The molecular formula is C16H22N2O2. The first-order valence-corrected chi connectivity index (χ1v) is 7.57. The molecule has 1 aliphatic carbocycles. The number of nitrogens with one attached hydrogen (secondary N) is 1. The van der Waals surface area contributed by atoms with Gasteiger partial charge in [0.1, 0.15) is 0 Å². The lowest BCUT2D eigenvalue weighted by Gasteiger charge is -2.33. The van der Waals surface area contributed by atoms with Crippen LogP contribution in [0, 0.1) is 5.92 Å². The highest BCUT2D eigenvalue weighted by atomic mass is 16.3. The number of anilines is 2. The Bertz CT molecular complexity index is 477. The smallest absolute Gasteiger partial charge is 0.227 e. The zero-order valence-corrected chi connectivity index (χ0v) is 11.7. The number of hydrogen-bond donors (Lipinski definition) is 2. The number of carbonyl (C=O) groups excluding carboxylic acids is 1. The van der Waals surface area contributed by atoms with Crippen molar-refractivity contribution >= 4 is 17.3 Å². The summed E-state index contributed by atoms with van der Waals surface area (Å²) in [5, 5.41) is 12.7. The number of aliphatic hydroxyl groups is 1. The Balaban J connectivity index is 1.72. The Labute approximate surface area is 119 Å². The van der Waals surface area contributed by atoms with Crippen LogP contribution in [0.5, 0.6) is 0 Å². The average molecular weight is 274 g/mol. The Kier molecular flexibility index (Phi) is 3.92. The number of hydrogen-bond acceptors (Lipinski definition) is 3. The second-order valence-corrected chi connectivity index (χ2v) is 5.85. The topological polar surface area (TPSA) is 52.6 Å². The van der Waals surface area contributed by atoms with Crippen molar-refractivity contribution in [3.63, 3.8) is 0 Å². The fraction of sp³-hybridized carbons (Fsp3) is 0.562. The van der Waals surface area contributed by atoms with Gasteiger partial charge in [-0.2, -0.15) is 0 Å². The third-order valence-electron chi connectivity index (χ3n) is 4.44. The number of piperidine rings is 1. The monoisotopic (exact) mass is 274 g/mol. The van der Waals surface area contributed by atoms with Crippen LogP contribution >= 0.6 is 0 Å². The Morgan fingerprint density at radius 1 is 1.15 bits per heavy atom. The summed E-state index contributed by atoms with van der Waals surface area (Å²) in [4.78, 5) is 14.4. The average Bonchev–Trinajstić information content (AvgIpc) is 2.38. The quantitative estimate of drug-likeness (QED) is 0.890. The van der Waals surface area contributed by atoms with E-state index >= 15 is 0 Å². The summed E-state index contributed by atoms with van der Waals surface area (Å²) in [6, 6.07) is 7.98. The third kappa shape index (κ3) is 2.80. The van der Waals surface area contributed by atoms with Gasteiger partial charge in [-0.15, -0.1) is 0 Å². The van der Waals surface area contributed by atoms with Gasteiger partial charge in [0.15, 0.2) is 0 Å². The molecule has 1 aromatic rings. The van der Waals surface area contributed by atoms with Crippen LogP contribution in [0.3, 0.4) is 0 Å². The van der Waals surface area contributed by atoms with Crippen LogP contribution in [0.1, 0.15) is 32.1 Å². The Hall–Kier alpha value is -1.55. The number of rotatable bonds is 3. The zero-order valence-electron chi connectivity index (χ0n) is 11.7. The first-order valence-electron chi connectivity index (χ1n) is 7.57. The summed E-state index contributed by atoms with van der Waals surface area (Å²) in [5.41, 5.74) is 1.98. The molecule has 1 aromatic carbocycles. The lowest BCUT2D eigenvalue weighted by Crippen LogP contribution is -2.36. The van der Waals surface area contributed by atoms with Crippen molar-refractivity contribution in [2.75, 3.05) is 23.3 Å². The van der Waals surface area contributed by atoms with E-state index in [9.17, 15) is 9.90 Å². The van der Waals surface area contributed by atoms with E-state index in [-0.39, 0.29) is 17.9 Å². The molecule has 1 saturated carbocycles. The van der Waals surface area contributed by atoms with Crippen LogP contribution in [-0.2, 0) is 4.79 Å². The van der Waals surface area contributed by atoms with E-state index in [2.05, 4.69) is 10.2 Å². The maximum absolute atomic E-state index is 12.1. The van der Waals surface area contributed by atoms with Gasteiger partial charge in [0.05, 0.1) is 17.5 Å². The molecule has 20 heavy (non-hydrogen) atoms. The van der Waals surface area contributed by atoms with Crippen molar-refractivity contribution in [3.05, 3.63) is 24.3 Å². The van der Waals surface area contributed by atoms with E-state index in [1.807, 2.05) is 24.3 Å². The van der Waals surface area contributed by atoms with E-state index in [4.69, 9.17) is 0 Å². The standard InChI is InChI=1S/C16H22N2O2/c19-13-8-10-18(11-9-13)15-7-2-1-6-14(15)17-16(20)12-4-3-5-12/h1-2,6-7,12-13,19H,3-5,8-11H2,(H,17,20). The van der Waals surface area contributed by atoms with Gasteiger partial charge in [-0.1, -0.05) is 18.6 Å². The fourth-order valence-electron chi connectivity index (χ4n) is 2.87. The highest BCUT2D eigenvalue weighted by Gasteiger charge is 2.26. The summed E-state index contributed by atoms with van der Waals surface area (Å²) in [7, 11) is 0. The van der Waals surface area contributed by atoms with Crippen LogP contribution in [0.25, 0.3) is 0 Å². The molecule has 1 heterocycles. The minimum atomic E-state index is -0.178. The molecule has 2 fully saturated rings. The number of para-hydroxylation sites is 2. The minimum Gasteiger partial charge on any atom is -0.393 e. The van der Waals surface area contributed by atoms with Crippen molar-refractivity contribution in [2.24, 2.45) is 5.92 Å². The SMILES string of the molecule is O=C(Nc1ccccc1N1CCC(O)CC1)C1CCC1. The molecule has 0 radical (unpaired) electrons. The van der Waals surface area contributed by atoms with E-state index in [0.29, 0.717) is 0 Å². The summed E-state index contributed by atoms with van der Waals surface area (Å²) < 4.78 is 0. The van der Waals surface area contributed by atoms with Crippen LogP contribution in [0.2, 0.25) is 0 Å². The van der Waals surface area contributed by atoms with Gasteiger partial charge in [0, 0.05) is 19.0 Å². The number of aliphatic hydroxyl groups excluding tert-OH is 1. The van der Waals surface area contributed by atoms with Crippen molar-refractivity contribution in [1.29, 1.82) is 0 Å². The van der Waals surface area contributed by atoms with Gasteiger partial charge in [0.2, 0.25) is 5.91 Å². The van der Waals surface area contributed by atoms with Gasteiger partial charge >= 0.3 is 0 Å². The maximum atomic E-state index is 12.1. The molecule has 2 aliphatic rings. The van der Waals surface area contributed by atoms with Gasteiger partial charge in [-0.3, -0.25) is 4.79 Å². The second kappa shape index (κ2) is 5.83. The molecule has 1 amide bonds. The Morgan fingerprint density at radius 3 is 2.50 bits per heavy atom. The van der Waals surface area contributed by atoms with Gasteiger partial charge < -0.3 is 15.3 Å². The minimum absolute atomic E-state index is 0.153. The first kappa shape index (κ1) is 13.4. The predicted molar refractivity (Wildman–Crippen MR) is 79.9 cm³/mol. The lowest BCUT2D eigenvalue weighted by molar-refractivity contribution is -0.122.